The third-order valence-corrected chi connectivity index (χ3v) is 5.44. The average Bonchev–Trinajstić information content (AvgIpc) is 3.39. The third-order valence-electron chi connectivity index (χ3n) is 5.44. The number of methoxy groups -OCH3 is 2. The molecule has 0 unspecified atom stereocenters. The number of aryl methyl sites for hydroxylation is 1. The highest BCUT2D eigenvalue weighted by atomic mass is 19.4. The molecule has 0 spiro atoms. The molecule has 3 aromatic heterocycles. The van der Waals surface area contributed by atoms with Gasteiger partial charge in [0.05, 0.1) is 32.1 Å². The van der Waals surface area contributed by atoms with Gasteiger partial charge >= 0.3 is 18.3 Å². The Balaban J connectivity index is 0.000000707. The van der Waals surface area contributed by atoms with Crippen molar-refractivity contribution in [1.82, 2.24) is 19.7 Å². The fraction of sp³-hybridized carbons (Fsp3) is 0.296. The highest BCUT2D eigenvalue weighted by Crippen LogP contribution is 2.37. The van der Waals surface area contributed by atoms with Crippen molar-refractivity contribution in [3.8, 4) is 28.7 Å². The molecule has 1 amide bonds. The number of ether oxygens (including phenoxy) is 4. The molecule has 0 aliphatic carbocycles. The van der Waals surface area contributed by atoms with Crippen LogP contribution in [-0.2, 0) is 11.3 Å². The molecule has 45 heavy (non-hydrogen) atoms. The molecule has 18 heteroatoms. The molecule has 242 valence electrons. The van der Waals surface area contributed by atoms with Crippen molar-refractivity contribution in [2.45, 2.75) is 32.2 Å². The van der Waals surface area contributed by atoms with Gasteiger partial charge in [0.15, 0.2) is 29.5 Å². The van der Waals surface area contributed by atoms with Gasteiger partial charge in [-0.3, -0.25) is 14.5 Å². The zero-order chi connectivity index (χ0) is 33.4. The van der Waals surface area contributed by atoms with E-state index in [0.29, 0.717) is 46.9 Å². The first-order valence-corrected chi connectivity index (χ1v) is 12.7. The van der Waals surface area contributed by atoms with Gasteiger partial charge in [-0.2, -0.15) is 31.4 Å². The molecule has 12 nitrogen and oxygen atoms in total. The van der Waals surface area contributed by atoms with E-state index in [1.54, 1.807) is 30.5 Å². The molecule has 0 atom stereocenters. The highest BCUT2D eigenvalue weighted by molar-refractivity contribution is 6.04. The summed E-state index contributed by atoms with van der Waals surface area (Å²) in [5.41, 5.74) is 0.348. The third kappa shape index (κ3) is 9.60. The summed E-state index contributed by atoms with van der Waals surface area (Å²) in [6.45, 7) is 0.730. The smallest absolute Gasteiger partial charge is 0.490 e. The molecule has 3 heterocycles. The molecular formula is C27H25F6N5O7. The standard InChI is InChI=1S/C25H24F3N5O5.C2HF3O2/c1-4-9-33-13-21(37-14-25(26,27)28)23(32-33)24(34)31-22-6-5-15(12-30-22)38-18-7-8-29-17-11-20(36-3)19(35-2)10-16(17)18;3-2(4,5)1(6)7/h5-8,10-13H,4,9,14H2,1-3H3,(H,30,31,34);(H,6,7). The molecular weight excluding hydrogens is 620 g/mol. The number of aromatic nitrogens is 4. The van der Waals surface area contributed by atoms with E-state index in [-0.39, 0.29) is 17.3 Å². The number of anilines is 1. The number of rotatable bonds is 10. The van der Waals surface area contributed by atoms with Crippen molar-refractivity contribution in [1.29, 1.82) is 0 Å². The highest BCUT2D eigenvalue weighted by Gasteiger charge is 2.38. The summed E-state index contributed by atoms with van der Waals surface area (Å²) < 4.78 is 92.5. The minimum atomic E-state index is -5.08. The van der Waals surface area contributed by atoms with Crippen LogP contribution in [0.2, 0.25) is 0 Å². The number of pyridine rings is 2. The number of hydrogen-bond acceptors (Lipinski definition) is 9. The Kier molecular flexibility index (Phi) is 11.0. The van der Waals surface area contributed by atoms with Crippen LogP contribution in [0, 0.1) is 0 Å². The second kappa shape index (κ2) is 14.5. The molecule has 0 saturated carbocycles. The van der Waals surface area contributed by atoms with Gasteiger partial charge in [0.1, 0.15) is 17.3 Å². The minimum absolute atomic E-state index is 0.139. The van der Waals surface area contributed by atoms with E-state index in [9.17, 15) is 31.1 Å². The lowest BCUT2D eigenvalue weighted by Gasteiger charge is -2.12. The number of fused-ring (bicyclic) bond motifs is 1. The van der Waals surface area contributed by atoms with Gasteiger partial charge in [-0.1, -0.05) is 6.92 Å². The van der Waals surface area contributed by atoms with Gasteiger partial charge in [0.2, 0.25) is 0 Å². The van der Waals surface area contributed by atoms with Gasteiger partial charge in [0, 0.05) is 24.2 Å². The molecule has 2 N–H and O–H groups in total. The Hall–Kier alpha value is -5.29. The second-order valence-corrected chi connectivity index (χ2v) is 8.78. The van der Waals surface area contributed by atoms with E-state index in [4.69, 9.17) is 28.8 Å². The van der Waals surface area contributed by atoms with E-state index in [2.05, 4.69) is 20.4 Å². The van der Waals surface area contributed by atoms with Crippen LogP contribution in [0.25, 0.3) is 10.9 Å². The van der Waals surface area contributed by atoms with Crippen LogP contribution in [0.5, 0.6) is 28.7 Å². The zero-order valence-corrected chi connectivity index (χ0v) is 23.7. The van der Waals surface area contributed by atoms with E-state index >= 15 is 0 Å². The normalized spacial score (nSPS) is 11.3. The summed E-state index contributed by atoms with van der Waals surface area (Å²) in [5, 5.41) is 14.4. The number of carbonyl (C=O) groups excluding carboxylic acids is 1. The molecule has 0 aliphatic heterocycles. The summed E-state index contributed by atoms with van der Waals surface area (Å²) >= 11 is 0. The maximum atomic E-state index is 12.8. The number of carboxylic acids is 1. The number of carbonyl (C=O) groups is 2. The number of halogens is 6. The first-order chi connectivity index (χ1) is 21.1. The lowest BCUT2D eigenvalue weighted by molar-refractivity contribution is -0.192. The van der Waals surface area contributed by atoms with Crippen LogP contribution in [-0.4, -0.2) is 69.9 Å². The lowest BCUT2D eigenvalue weighted by atomic mass is 10.2. The largest absolute Gasteiger partial charge is 0.493 e. The van der Waals surface area contributed by atoms with E-state index < -0.39 is 30.8 Å². The summed E-state index contributed by atoms with van der Waals surface area (Å²) in [7, 11) is 3.06. The molecule has 0 aliphatic rings. The van der Waals surface area contributed by atoms with Crippen LogP contribution < -0.4 is 24.3 Å². The van der Waals surface area contributed by atoms with E-state index in [0.717, 1.165) is 0 Å². The van der Waals surface area contributed by atoms with Crippen LogP contribution >= 0.6 is 0 Å². The maximum absolute atomic E-state index is 12.8. The summed E-state index contributed by atoms with van der Waals surface area (Å²) in [6, 6.07) is 8.21. The van der Waals surface area contributed by atoms with Gasteiger partial charge in [-0.15, -0.1) is 0 Å². The first-order valence-electron chi connectivity index (χ1n) is 12.7. The van der Waals surface area contributed by atoms with E-state index in [1.165, 1.54) is 37.4 Å². The lowest BCUT2D eigenvalue weighted by Crippen LogP contribution is -2.21. The van der Waals surface area contributed by atoms with Gasteiger partial charge in [-0.05, 0) is 30.7 Å². The molecule has 0 radical (unpaired) electrons. The van der Waals surface area contributed by atoms with Gasteiger partial charge in [-0.25, -0.2) is 9.78 Å². The fourth-order valence-electron chi connectivity index (χ4n) is 3.52. The topological polar surface area (TPSA) is 147 Å². The molecule has 1 aromatic carbocycles. The Morgan fingerprint density at radius 3 is 2.18 bits per heavy atom. The van der Waals surface area contributed by atoms with Crippen molar-refractivity contribution in [3.63, 3.8) is 0 Å². The van der Waals surface area contributed by atoms with Crippen LogP contribution in [0.3, 0.4) is 0 Å². The molecule has 4 rings (SSSR count). The second-order valence-electron chi connectivity index (χ2n) is 8.78. The summed E-state index contributed by atoms with van der Waals surface area (Å²) in [5.74, 6) is -1.77. The number of nitrogens with zero attached hydrogens (tertiary/aromatic N) is 4. The average molecular weight is 646 g/mol. The quantitative estimate of drug-likeness (QED) is 0.201. The first kappa shape index (κ1) is 34.2. The number of amides is 1. The van der Waals surface area contributed by atoms with Crippen LogP contribution in [0.15, 0.2) is 48.9 Å². The van der Waals surface area contributed by atoms with Crippen molar-refractivity contribution in [2.24, 2.45) is 0 Å². The van der Waals surface area contributed by atoms with Gasteiger partial charge < -0.3 is 29.4 Å². The number of carboxylic acid groups (broad SMARTS) is 1. The van der Waals surface area contributed by atoms with Crippen LogP contribution in [0.4, 0.5) is 32.2 Å². The molecule has 0 bridgehead atoms. The molecule has 0 fully saturated rings. The zero-order valence-electron chi connectivity index (χ0n) is 23.7. The molecule has 0 saturated heterocycles. The van der Waals surface area contributed by atoms with E-state index in [1.807, 2.05) is 6.92 Å². The van der Waals surface area contributed by atoms with Crippen molar-refractivity contribution in [2.75, 3.05) is 26.1 Å². The fourth-order valence-corrected chi connectivity index (χ4v) is 3.52. The van der Waals surface area contributed by atoms with Crippen molar-refractivity contribution in [3.05, 3.63) is 54.6 Å². The monoisotopic (exact) mass is 645 g/mol. The summed E-state index contributed by atoms with van der Waals surface area (Å²) in [6.07, 6.45) is -4.74. The number of hydrogen-bond donors (Lipinski definition) is 2. The number of nitrogens with one attached hydrogen (secondary N) is 1. The minimum Gasteiger partial charge on any atom is -0.493 e. The van der Waals surface area contributed by atoms with Gasteiger partial charge in [0.25, 0.3) is 5.91 Å². The Morgan fingerprint density at radius 1 is 0.956 bits per heavy atom. The maximum Gasteiger partial charge on any atom is 0.490 e. The predicted molar refractivity (Wildman–Crippen MR) is 145 cm³/mol. The van der Waals surface area contributed by atoms with Crippen molar-refractivity contribution < 1.29 is 60.0 Å². The molecule has 4 aromatic rings. The Labute approximate surface area is 250 Å². The number of benzene rings is 1. The predicted octanol–water partition coefficient (Wildman–Crippen LogP) is 5.87. The number of aliphatic carboxylic acids is 1. The van der Waals surface area contributed by atoms with Crippen LogP contribution in [0.1, 0.15) is 23.8 Å². The Bertz CT molecular complexity index is 1630. The Morgan fingerprint density at radius 2 is 1.62 bits per heavy atom. The summed E-state index contributed by atoms with van der Waals surface area (Å²) in [4.78, 5) is 30.2. The SMILES string of the molecule is CCCn1cc(OCC(F)(F)F)c(C(=O)Nc2ccc(Oc3ccnc4cc(OC)c(OC)cc34)cn2)n1.O=C(O)C(F)(F)F. The van der Waals surface area contributed by atoms with Crippen molar-refractivity contribution >= 4 is 28.6 Å². The number of alkyl halides is 6.